The van der Waals surface area contributed by atoms with Crippen LogP contribution in [0.5, 0.6) is 0 Å². The standard InChI is InChI=1S/C6H13N3O5S/c7-4(1-2-5(8)10)6(11)9-3-15(12,13)14/h4H,1-3,7H2,(H2,8,10)(H,9,11)(H,12,13,14)/t4-/m0/s1. The fourth-order valence-electron chi connectivity index (χ4n) is 0.722. The Morgan fingerprint density at radius 2 is 1.93 bits per heavy atom. The summed E-state index contributed by atoms with van der Waals surface area (Å²) in [5, 5.41) is 1.89. The van der Waals surface area contributed by atoms with Crippen LogP contribution in [0.15, 0.2) is 0 Å². The molecule has 0 aliphatic heterocycles. The van der Waals surface area contributed by atoms with Crippen LogP contribution in [0, 0.1) is 0 Å². The van der Waals surface area contributed by atoms with Crippen LogP contribution in [0.25, 0.3) is 0 Å². The molecule has 8 nitrogen and oxygen atoms in total. The Morgan fingerprint density at radius 3 is 2.33 bits per heavy atom. The SMILES string of the molecule is NC(=O)CC[C@H](N)C(=O)NCS(=O)(=O)O. The van der Waals surface area contributed by atoms with Crippen molar-refractivity contribution in [2.24, 2.45) is 11.5 Å². The van der Waals surface area contributed by atoms with Crippen molar-refractivity contribution in [3.8, 4) is 0 Å². The van der Waals surface area contributed by atoms with Gasteiger partial charge in [0.05, 0.1) is 6.04 Å². The van der Waals surface area contributed by atoms with E-state index in [1.807, 2.05) is 5.32 Å². The van der Waals surface area contributed by atoms with E-state index in [-0.39, 0.29) is 12.8 Å². The highest BCUT2D eigenvalue weighted by Gasteiger charge is 2.16. The van der Waals surface area contributed by atoms with Gasteiger partial charge in [-0.1, -0.05) is 0 Å². The molecule has 0 aromatic carbocycles. The van der Waals surface area contributed by atoms with Gasteiger partial charge in [0.25, 0.3) is 10.1 Å². The second-order valence-electron chi connectivity index (χ2n) is 2.88. The minimum absolute atomic E-state index is 0.0205. The van der Waals surface area contributed by atoms with Gasteiger partial charge < -0.3 is 16.8 Å². The maximum Gasteiger partial charge on any atom is 0.283 e. The first-order valence-corrected chi connectivity index (χ1v) is 5.60. The normalized spacial score (nSPS) is 13.2. The smallest absolute Gasteiger partial charge is 0.283 e. The molecule has 0 aromatic rings. The van der Waals surface area contributed by atoms with Crippen molar-refractivity contribution >= 4 is 21.9 Å². The van der Waals surface area contributed by atoms with Crippen molar-refractivity contribution in [3.63, 3.8) is 0 Å². The predicted molar refractivity (Wildman–Crippen MR) is 51.0 cm³/mol. The van der Waals surface area contributed by atoms with Crippen LogP contribution < -0.4 is 16.8 Å². The van der Waals surface area contributed by atoms with Crippen LogP contribution in [0.2, 0.25) is 0 Å². The van der Waals surface area contributed by atoms with Gasteiger partial charge in [0.1, 0.15) is 5.88 Å². The highest BCUT2D eigenvalue weighted by Crippen LogP contribution is 1.93. The molecule has 1 atom stereocenters. The molecule has 0 saturated heterocycles. The monoisotopic (exact) mass is 239 g/mol. The van der Waals surface area contributed by atoms with Gasteiger partial charge in [-0.25, -0.2) is 0 Å². The lowest BCUT2D eigenvalue weighted by molar-refractivity contribution is -0.122. The van der Waals surface area contributed by atoms with Gasteiger partial charge in [-0.05, 0) is 6.42 Å². The van der Waals surface area contributed by atoms with Gasteiger partial charge >= 0.3 is 0 Å². The van der Waals surface area contributed by atoms with E-state index in [1.54, 1.807) is 0 Å². The predicted octanol–water partition coefficient (Wildman–Crippen LogP) is -2.46. The van der Waals surface area contributed by atoms with E-state index < -0.39 is 33.9 Å². The average molecular weight is 239 g/mol. The molecule has 15 heavy (non-hydrogen) atoms. The van der Waals surface area contributed by atoms with E-state index in [0.29, 0.717) is 0 Å². The molecular weight excluding hydrogens is 226 g/mol. The molecule has 0 heterocycles. The molecule has 88 valence electrons. The van der Waals surface area contributed by atoms with Crippen LogP contribution >= 0.6 is 0 Å². The molecule has 0 bridgehead atoms. The lowest BCUT2D eigenvalue weighted by Gasteiger charge is -2.09. The fraction of sp³-hybridized carbons (Fsp3) is 0.667. The molecule has 0 saturated carbocycles. The van der Waals surface area contributed by atoms with Gasteiger partial charge in [0.2, 0.25) is 11.8 Å². The van der Waals surface area contributed by atoms with E-state index >= 15 is 0 Å². The van der Waals surface area contributed by atoms with E-state index in [0.717, 1.165) is 0 Å². The van der Waals surface area contributed by atoms with E-state index in [2.05, 4.69) is 0 Å². The number of amides is 2. The van der Waals surface area contributed by atoms with Crippen LogP contribution in [0.1, 0.15) is 12.8 Å². The summed E-state index contributed by atoms with van der Waals surface area (Å²) in [6, 6.07) is -1.03. The summed E-state index contributed by atoms with van der Waals surface area (Å²) < 4.78 is 28.8. The minimum atomic E-state index is -4.26. The summed E-state index contributed by atoms with van der Waals surface area (Å²) in [6.45, 7) is 0. The summed E-state index contributed by atoms with van der Waals surface area (Å²) in [6.07, 6.45) is -0.0485. The highest BCUT2D eigenvalue weighted by molar-refractivity contribution is 7.85. The first kappa shape index (κ1) is 13.8. The summed E-state index contributed by atoms with van der Waals surface area (Å²) >= 11 is 0. The first-order valence-electron chi connectivity index (χ1n) is 3.99. The molecule has 2 amide bonds. The van der Waals surface area contributed by atoms with Crippen LogP contribution in [-0.4, -0.2) is 36.7 Å². The summed E-state index contributed by atoms with van der Waals surface area (Å²) in [4.78, 5) is 21.4. The average Bonchev–Trinajstić information content (AvgIpc) is 2.08. The summed E-state index contributed by atoms with van der Waals surface area (Å²) in [7, 11) is -4.26. The first-order chi connectivity index (χ1) is 6.72. The van der Waals surface area contributed by atoms with Crippen LogP contribution in [0.4, 0.5) is 0 Å². The number of carbonyl (C=O) groups excluding carboxylic acids is 2. The Morgan fingerprint density at radius 1 is 1.40 bits per heavy atom. The number of primary amides is 1. The van der Waals surface area contributed by atoms with E-state index in [9.17, 15) is 18.0 Å². The fourth-order valence-corrected chi connectivity index (χ4v) is 1.05. The molecule has 0 aliphatic carbocycles. The lowest BCUT2D eigenvalue weighted by Crippen LogP contribution is -2.42. The van der Waals surface area contributed by atoms with Crippen LogP contribution in [-0.2, 0) is 19.7 Å². The topological polar surface area (TPSA) is 153 Å². The van der Waals surface area contributed by atoms with Gasteiger partial charge in [-0.15, -0.1) is 0 Å². The maximum absolute atomic E-state index is 11.0. The highest BCUT2D eigenvalue weighted by atomic mass is 32.2. The number of hydrogen-bond acceptors (Lipinski definition) is 5. The Bertz CT molecular complexity index is 339. The third kappa shape index (κ3) is 7.85. The molecular formula is C6H13N3O5S. The van der Waals surface area contributed by atoms with E-state index in [1.165, 1.54) is 0 Å². The molecule has 0 unspecified atom stereocenters. The van der Waals surface area contributed by atoms with Gasteiger partial charge in [0.15, 0.2) is 0 Å². The lowest BCUT2D eigenvalue weighted by atomic mass is 10.1. The van der Waals surface area contributed by atoms with Crippen LogP contribution in [0.3, 0.4) is 0 Å². The molecule has 9 heteroatoms. The number of nitrogens with one attached hydrogen (secondary N) is 1. The molecule has 0 spiro atoms. The molecule has 0 radical (unpaired) electrons. The second-order valence-corrected chi connectivity index (χ2v) is 4.33. The van der Waals surface area contributed by atoms with E-state index in [4.69, 9.17) is 16.0 Å². The third-order valence-electron chi connectivity index (χ3n) is 1.47. The number of rotatable bonds is 6. The zero-order chi connectivity index (χ0) is 12.1. The number of carbonyl (C=O) groups is 2. The van der Waals surface area contributed by atoms with Crippen molar-refractivity contribution < 1.29 is 22.6 Å². The Kier molecular flexibility index (Phi) is 5.19. The molecule has 0 aromatic heterocycles. The van der Waals surface area contributed by atoms with Crippen molar-refractivity contribution in [3.05, 3.63) is 0 Å². The largest absolute Gasteiger partial charge is 0.370 e. The maximum atomic E-state index is 11.0. The second kappa shape index (κ2) is 5.63. The molecule has 0 rings (SSSR count). The van der Waals surface area contributed by atoms with Gasteiger partial charge in [0, 0.05) is 6.42 Å². The Labute approximate surface area is 86.7 Å². The summed E-state index contributed by atoms with van der Waals surface area (Å²) in [5.74, 6) is -2.28. The van der Waals surface area contributed by atoms with Crippen molar-refractivity contribution in [2.75, 3.05) is 5.88 Å². The third-order valence-corrected chi connectivity index (χ3v) is 1.98. The van der Waals surface area contributed by atoms with Crippen molar-refractivity contribution in [1.29, 1.82) is 0 Å². The molecule has 0 fully saturated rings. The van der Waals surface area contributed by atoms with Crippen molar-refractivity contribution in [1.82, 2.24) is 5.32 Å². The minimum Gasteiger partial charge on any atom is -0.370 e. The van der Waals surface area contributed by atoms with Crippen molar-refractivity contribution in [2.45, 2.75) is 18.9 Å². The van der Waals surface area contributed by atoms with Gasteiger partial charge in [-0.2, -0.15) is 8.42 Å². The Hall–Kier alpha value is -1.19. The quantitative estimate of drug-likeness (QED) is 0.377. The zero-order valence-corrected chi connectivity index (χ0v) is 8.66. The zero-order valence-electron chi connectivity index (χ0n) is 7.84. The molecule has 0 aliphatic rings. The number of hydrogen-bond donors (Lipinski definition) is 4. The Balaban J connectivity index is 3.95. The van der Waals surface area contributed by atoms with Gasteiger partial charge in [-0.3, -0.25) is 14.1 Å². The summed E-state index contributed by atoms with van der Waals surface area (Å²) in [5.41, 5.74) is 10.1. The molecule has 6 N–H and O–H groups in total. The number of nitrogens with two attached hydrogens (primary N) is 2.